The van der Waals surface area contributed by atoms with Gasteiger partial charge in [0.05, 0.1) is 9.75 Å². The third-order valence-corrected chi connectivity index (χ3v) is 7.98. The van der Waals surface area contributed by atoms with Crippen LogP contribution in [0.15, 0.2) is 122 Å². The maximum Gasteiger partial charge on any atom is 0.152 e. The van der Waals surface area contributed by atoms with Crippen LogP contribution in [-0.2, 0) is 0 Å². The summed E-state index contributed by atoms with van der Waals surface area (Å²) in [4.78, 5) is 11.6. The number of benzene rings is 4. The molecule has 0 saturated heterocycles. The minimum absolute atomic E-state index is 0.958. The van der Waals surface area contributed by atoms with Crippen LogP contribution in [0, 0.1) is 0 Å². The van der Waals surface area contributed by atoms with Crippen molar-refractivity contribution in [1.82, 2.24) is 9.97 Å². The molecule has 0 aliphatic heterocycles. The first-order chi connectivity index (χ1) is 16.8. The molecule has 0 aliphatic carbocycles. The second-order valence-electron chi connectivity index (χ2n) is 7.95. The number of rotatable bonds is 5. The highest BCUT2D eigenvalue weighted by Crippen LogP contribution is 2.37. The summed E-state index contributed by atoms with van der Waals surface area (Å²) in [5.41, 5.74) is 7.25. The zero-order valence-electron chi connectivity index (χ0n) is 18.3. The van der Waals surface area contributed by atoms with Crippen molar-refractivity contribution in [3.8, 4) is 53.2 Å². The van der Waals surface area contributed by atoms with Gasteiger partial charge in [-0.3, -0.25) is 0 Å². The van der Waals surface area contributed by atoms with Gasteiger partial charge in [-0.05, 0) is 33.4 Å². The zero-order valence-corrected chi connectivity index (χ0v) is 19.9. The van der Waals surface area contributed by atoms with Crippen LogP contribution in [0.4, 0.5) is 0 Å². The van der Waals surface area contributed by atoms with Crippen LogP contribution in [0.1, 0.15) is 0 Å². The van der Waals surface area contributed by atoms with E-state index < -0.39 is 0 Å². The predicted octanol–water partition coefficient (Wildman–Crippen LogP) is 8.93. The van der Waals surface area contributed by atoms with E-state index in [4.69, 9.17) is 0 Å². The van der Waals surface area contributed by atoms with Gasteiger partial charge in [0.25, 0.3) is 0 Å². The number of nitrogens with zero attached hydrogens (tertiary/aromatic N) is 2. The fraction of sp³-hybridized carbons (Fsp3) is 0. The van der Waals surface area contributed by atoms with E-state index in [-0.39, 0.29) is 0 Å². The van der Waals surface area contributed by atoms with Gasteiger partial charge in [0.2, 0.25) is 0 Å². The van der Waals surface area contributed by atoms with E-state index in [0.29, 0.717) is 0 Å². The Labute approximate surface area is 206 Å². The van der Waals surface area contributed by atoms with Gasteiger partial charge >= 0.3 is 0 Å². The van der Waals surface area contributed by atoms with E-state index in [2.05, 4.69) is 107 Å². The zero-order chi connectivity index (χ0) is 22.7. The first kappa shape index (κ1) is 20.7. The van der Waals surface area contributed by atoms with Crippen LogP contribution in [0.3, 0.4) is 0 Å². The molecule has 0 aliphatic rings. The molecule has 6 aromatic rings. The van der Waals surface area contributed by atoms with Crippen LogP contribution < -0.4 is 0 Å². The summed E-state index contributed by atoms with van der Waals surface area (Å²) in [6.45, 7) is 0. The quantitative estimate of drug-likeness (QED) is 0.250. The third-order valence-electron chi connectivity index (χ3n) is 5.75. The summed E-state index contributed by atoms with van der Waals surface area (Å²) in [7, 11) is 0. The number of hydrogen-bond donors (Lipinski definition) is 0. The van der Waals surface area contributed by atoms with Gasteiger partial charge in [-0.15, -0.1) is 22.7 Å². The Morgan fingerprint density at radius 3 is 1.06 bits per heavy atom. The molecule has 0 unspecified atom stereocenters. The molecule has 0 bridgehead atoms. The van der Waals surface area contributed by atoms with Crippen molar-refractivity contribution in [2.75, 3.05) is 0 Å². The third kappa shape index (κ3) is 4.21. The molecule has 34 heavy (non-hydrogen) atoms. The molecule has 2 heterocycles. The lowest BCUT2D eigenvalue weighted by Gasteiger charge is -2.02. The molecule has 2 aromatic heterocycles. The monoisotopic (exact) mass is 472 g/mol. The standard InChI is InChI=1S/C30H20N2S2/c1-3-7-21(8-4-1)23-11-15-25(16-12-23)27-19-31-29(33-27)30-32-20-28(34-30)26-17-13-24(14-18-26)22-9-5-2-6-10-22/h1-20H. The van der Waals surface area contributed by atoms with Crippen molar-refractivity contribution in [3.05, 3.63) is 122 Å². The molecular weight excluding hydrogens is 452 g/mol. The molecule has 4 heteroatoms. The maximum atomic E-state index is 4.67. The summed E-state index contributed by atoms with van der Waals surface area (Å²) >= 11 is 3.37. The van der Waals surface area contributed by atoms with Gasteiger partial charge < -0.3 is 0 Å². The minimum Gasteiger partial charge on any atom is -0.241 e. The Kier molecular flexibility index (Phi) is 5.60. The van der Waals surface area contributed by atoms with Crippen molar-refractivity contribution >= 4 is 22.7 Å². The molecule has 0 saturated carbocycles. The molecule has 0 radical (unpaired) electrons. The maximum absolute atomic E-state index is 4.67. The Morgan fingerprint density at radius 2 is 0.676 bits per heavy atom. The number of thiazole rings is 2. The molecule has 6 rings (SSSR count). The van der Waals surface area contributed by atoms with Crippen molar-refractivity contribution in [2.24, 2.45) is 0 Å². The minimum atomic E-state index is 0.958. The lowest BCUT2D eigenvalue weighted by molar-refractivity contribution is 1.35. The number of aromatic nitrogens is 2. The van der Waals surface area contributed by atoms with Crippen LogP contribution in [0.5, 0.6) is 0 Å². The molecular formula is C30H20N2S2. The highest BCUT2D eigenvalue weighted by Gasteiger charge is 2.12. The van der Waals surface area contributed by atoms with Crippen LogP contribution in [0.2, 0.25) is 0 Å². The summed E-state index contributed by atoms with van der Waals surface area (Å²) in [6, 6.07) is 38.2. The van der Waals surface area contributed by atoms with Gasteiger partial charge in [-0.2, -0.15) is 0 Å². The van der Waals surface area contributed by atoms with E-state index in [1.807, 2.05) is 24.5 Å². The first-order valence-corrected chi connectivity index (χ1v) is 12.7. The fourth-order valence-electron chi connectivity index (χ4n) is 3.93. The Morgan fingerprint density at radius 1 is 0.353 bits per heavy atom. The average Bonchev–Trinajstić information content (AvgIpc) is 3.61. The van der Waals surface area contributed by atoms with Crippen LogP contribution in [0.25, 0.3) is 53.2 Å². The van der Waals surface area contributed by atoms with E-state index in [9.17, 15) is 0 Å². The smallest absolute Gasteiger partial charge is 0.152 e. The van der Waals surface area contributed by atoms with Gasteiger partial charge in [0, 0.05) is 12.4 Å². The van der Waals surface area contributed by atoms with Crippen molar-refractivity contribution in [2.45, 2.75) is 0 Å². The lowest BCUT2D eigenvalue weighted by atomic mass is 10.0. The highest BCUT2D eigenvalue weighted by molar-refractivity contribution is 7.24. The fourth-order valence-corrected chi connectivity index (χ4v) is 5.80. The van der Waals surface area contributed by atoms with Gasteiger partial charge in [0.15, 0.2) is 10.0 Å². The van der Waals surface area contributed by atoms with E-state index >= 15 is 0 Å². The first-order valence-electron chi connectivity index (χ1n) is 11.1. The number of hydrogen-bond acceptors (Lipinski definition) is 4. The molecule has 0 N–H and O–H groups in total. The van der Waals surface area contributed by atoms with Crippen molar-refractivity contribution in [3.63, 3.8) is 0 Å². The van der Waals surface area contributed by atoms with E-state index in [1.54, 1.807) is 22.7 Å². The molecule has 0 spiro atoms. The molecule has 0 amide bonds. The molecule has 2 nitrogen and oxygen atoms in total. The summed E-state index contributed by atoms with van der Waals surface area (Å²) < 4.78 is 0. The summed E-state index contributed by atoms with van der Waals surface area (Å²) in [5.74, 6) is 0. The summed E-state index contributed by atoms with van der Waals surface area (Å²) in [6.07, 6.45) is 3.90. The Hall–Kier alpha value is -3.86. The van der Waals surface area contributed by atoms with Gasteiger partial charge in [0.1, 0.15) is 0 Å². The van der Waals surface area contributed by atoms with Gasteiger partial charge in [-0.1, -0.05) is 109 Å². The second-order valence-corrected chi connectivity index (χ2v) is 10.0. The SMILES string of the molecule is c1ccc(-c2ccc(-c3cnc(-c4ncc(-c5ccc(-c6ccccc6)cc5)s4)s3)cc2)cc1. The average molecular weight is 473 g/mol. The second kappa shape index (κ2) is 9.18. The van der Waals surface area contributed by atoms with Crippen molar-refractivity contribution < 1.29 is 0 Å². The van der Waals surface area contributed by atoms with Crippen LogP contribution >= 0.6 is 22.7 Å². The normalized spacial score (nSPS) is 10.9. The topological polar surface area (TPSA) is 25.8 Å². The van der Waals surface area contributed by atoms with Crippen LogP contribution in [-0.4, -0.2) is 9.97 Å². The molecule has 162 valence electrons. The lowest BCUT2D eigenvalue weighted by Crippen LogP contribution is -1.77. The predicted molar refractivity (Wildman–Crippen MR) is 145 cm³/mol. The Bertz CT molecular complexity index is 1400. The van der Waals surface area contributed by atoms with E-state index in [1.165, 1.54) is 33.4 Å². The Balaban J connectivity index is 1.21. The molecule has 0 atom stereocenters. The summed E-state index contributed by atoms with van der Waals surface area (Å²) in [5, 5.41) is 1.92. The van der Waals surface area contributed by atoms with Gasteiger partial charge in [-0.25, -0.2) is 9.97 Å². The molecule has 0 fully saturated rings. The van der Waals surface area contributed by atoms with Crippen molar-refractivity contribution in [1.29, 1.82) is 0 Å². The molecule has 4 aromatic carbocycles. The van der Waals surface area contributed by atoms with E-state index in [0.717, 1.165) is 19.8 Å². The highest BCUT2D eigenvalue weighted by atomic mass is 32.1. The largest absolute Gasteiger partial charge is 0.241 e.